The third-order valence-electron chi connectivity index (χ3n) is 3.40. The van der Waals surface area contributed by atoms with Crippen LogP contribution in [0.5, 0.6) is 0 Å². The number of hydrogen-bond acceptors (Lipinski definition) is 4. The van der Waals surface area contributed by atoms with Gasteiger partial charge in [-0.3, -0.25) is 4.79 Å². The second-order valence-corrected chi connectivity index (χ2v) is 5.43. The molecule has 1 fully saturated rings. The molecule has 104 valence electrons. The highest BCUT2D eigenvalue weighted by Gasteiger charge is 2.26. The Morgan fingerprint density at radius 3 is 3.00 bits per heavy atom. The summed E-state index contributed by atoms with van der Waals surface area (Å²) in [7, 11) is 2.07. The minimum Gasteiger partial charge on any atom is -0.397 e. The Balaban J connectivity index is 2.25. The molecule has 0 aromatic carbocycles. The van der Waals surface area contributed by atoms with E-state index in [0.717, 1.165) is 26.1 Å². The van der Waals surface area contributed by atoms with Crippen molar-refractivity contribution in [3.05, 3.63) is 23.0 Å². The average Bonchev–Trinajstić information content (AvgIpc) is 2.52. The summed E-state index contributed by atoms with van der Waals surface area (Å²) >= 11 is 6.00. The Bertz CT molecular complexity index is 480. The second-order valence-electron chi connectivity index (χ2n) is 5.07. The molecule has 5 nitrogen and oxygen atoms in total. The van der Waals surface area contributed by atoms with Crippen LogP contribution in [-0.2, 0) is 0 Å². The molecule has 2 heterocycles. The molecule has 1 saturated heterocycles. The van der Waals surface area contributed by atoms with Gasteiger partial charge in [0.1, 0.15) is 5.15 Å². The molecule has 1 aliphatic rings. The number of nitrogen functional groups attached to an aromatic ring is 1. The first-order valence-corrected chi connectivity index (χ1v) is 6.77. The van der Waals surface area contributed by atoms with Crippen molar-refractivity contribution in [2.24, 2.45) is 0 Å². The van der Waals surface area contributed by atoms with E-state index in [1.54, 1.807) is 6.07 Å². The molecule has 0 bridgehead atoms. The summed E-state index contributed by atoms with van der Waals surface area (Å²) in [6.07, 6.45) is 2.42. The maximum Gasteiger partial charge on any atom is 0.257 e. The van der Waals surface area contributed by atoms with Crippen molar-refractivity contribution >= 4 is 23.2 Å². The van der Waals surface area contributed by atoms with Gasteiger partial charge in [-0.05, 0) is 33.0 Å². The zero-order chi connectivity index (χ0) is 14.0. The molecule has 1 aliphatic heterocycles. The fourth-order valence-corrected chi connectivity index (χ4v) is 2.63. The number of hydrogen-bond donors (Lipinski definition) is 1. The number of aromatic nitrogens is 1. The van der Waals surface area contributed by atoms with Crippen LogP contribution in [0.1, 0.15) is 23.7 Å². The number of carbonyl (C=O) groups excluding carboxylic acids is 1. The van der Waals surface area contributed by atoms with Crippen LogP contribution < -0.4 is 5.73 Å². The molecule has 1 aromatic heterocycles. The summed E-state index contributed by atoms with van der Waals surface area (Å²) in [5.41, 5.74) is 6.52. The number of halogens is 1. The lowest BCUT2D eigenvalue weighted by Crippen LogP contribution is -2.42. The van der Waals surface area contributed by atoms with Crippen LogP contribution in [-0.4, -0.2) is 53.4 Å². The SMILES string of the molecule is CC1CN(C)CCCN1C(=O)c1cc(N)cnc1Cl. The molecule has 0 radical (unpaired) electrons. The van der Waals surface area contributed by atoms with Crippen LogP contribution >= 0.6 is 11.6 Å². The van der Waals surface area contributed by atoms with E-state index in [0.29, 0.717) is 11.3 Å². The van der Waals surface area contributed by atoms with Gasteiger partial charge in [-0.2, -0.15) is 0 Å². The number of anilines is 1. The summed E-state index contributed by atoms with van der Waals surface area (Å²) in [5, 5.41) is 0.212. The van der Waals surface area contributed by atoms with Gasteiger partial charge in [0.05, 0.1) is 17.4 Å². The topological polar surface area (TPSA) is 62.5 Å². The van der Waals surface area contributed by atoms with E-state index < -0.39 is 0 Å². The van der Waals surface area contributed by atoms with Gasteiger partial charge < -0.3 is 15.5 Å². The number of amides is 1. The van der Waals surface area contributed by atoms with Crippen molar-refractivity contribution < 1.29 is 4.79 Å². The molecule has 19 heavy (non-hydrogen) atoms. The van der Waals surface area contributed by atoms with Crippen LogP contribution in [0.15, 0.2) is 12.3 Å². The predicted molar refractivity (Wildman–Crippen MR) is 76.3 cm³/mol. The molecule has 0 aliphatic carbocycles. The van der Waals surface area contributed by atoms with Crippen LogP contribution in [0, 0.1) is 0 Å². The lowest BCUT2D eigenvalue weighted by molar-refractivity contribution is 0.0696. The fourth-order valence-electron chi connectivity index (χ4n) is 2.44. The first-order valence-electron chi connectivity index (χ1n) is 6.39. The molecule has 1 unspecified atom stereocenters. The lowest BCUT2D eigenvalue weighted by Gasteiger charge is -2.28. The maximum absolute atomic E-state index is 12.6. The third-order valence-corrected chi connectivity index (χ3v) is 3.70. The Morgan fingerprint density at radius 1 is 1.53 bits per heavy atom. The Kier molecular flexibility index (Phi) is 4.27. The van der Waals surface area contributed by atoms with Crippen molar-refractivity contribution in [3.63, 3.8) is 0 Å². The molecular formula is C13H19ClN4O. The molecule has 2 N–H and O–H groups in total. The van der Waals surface area contributed by atoms with Gasteiger partial charge in [-0.25, -0.2) is 4.98 Å². The van der Waals surface area contributed by atoms with Crippen molar-refractivity contribution in [2.75, 3.05) is 32.4 Å². The summed E-state index contributed by atoms with van der Waals surface area (Å²) in [6, 6.07) is 1.75. The highest BCUT2D eigenvalue weighted by atomic mass is 35.5. The van der Waals surface area contributed by atoms with Gasteiger partial charge in [0.25, 0.3) is 5.91 Å². The van der Waals surface area contributed by atoms with E-state index >= 15 is 0 Å². The third kappa shape index (κ3) is 3.16. The van der Waals surface area contributed by atoms with Gasteiger partial charge in [0.15, 0.2) is 0 Å². The van der Waals surface area contributed by atoms with E-state index in [4.69, 9.17) is 17.3 Å². The highest BCUT2D eigenvalue weighted by molar-refractivity contribution is 6.32. The molecule has 1 atom stereocenters. The Morgan fingerprint density at radius 2 is 2.26 bits per heavy atom. The molecular weight excluding hydrogens is 264 g/mol. The monoisotopic (exact) mass is 282 g/mol. The number of pyridine rings is 1. The van der Waals surface area contributed by atoms with E-state index in [-0.39, 0.29) is 17.1 Å². The van der Waals surface area contributed by atoms with Gasteiger partial charge in [-0.1, -0.05) is 11.6 Å². The largest absolute Gasteiger partial charge is 0.397 e. The van der Waals surface area contributed by atoms with Crippen LogP contribution in [0.25, 0.3) is 0 Å². The minimum atomic E-state index is -0.0902. The Labute approximate surface area is 118 Å². The molecule has 0 saturated carbocycles. The average molecular weight is 283 g/mol. The smallest absolute Gasteiger partial charge is 0.257 e. The number of nitrogens with two attached hydrogens (primary N) is 1. The molecule has 1 amide bonds. The zero-order valence-electron chi connectivity index (χ0n) is 11.3. The zero-order valence-corrected chi connectivity index (χ0v) is 12.0. The fraction of sp³-hybridized carbons (Fsp3) is 0.538. The summed E-state index contributed by atoms with van der Waals surface area (Å²) in [5.74, 6) is -0.0902. The van der Waals surface area contributed by atoms with E-state index in [2.05, 4.69) is 16.9 Å². The van der Waals surface area contributed by atoms with Gasteiger partial charge in [-0.15, -0.1) is 0 Å². The predicted octanol–water partition coefficient (Wildman–Crippen LogP) is 1.48. The number of nitrogens with zero attached hydrogens (tertiary/aromatic N) is 3. The lowest BCUT2D eigenvalue weighted by atomic mass is 10.2. The number of likely N-dealkylation sites (N-methyl/N-ethyl adjacent to an activating group) is 1. The van der Waals surface area contributed by atoms with Crippen molar-refractivity contribution in [1.29, 1.82) is 0 Å². The van der Waals surface area contributed by atoms with E-state index in [1.165, 1.54) is 6.20 Å². The van der Waals surface area contributed by atoms with E-state index in [1.807, 2.05) is 11.8 Å². The number of carbonyl (C=O) groups is 1. The van der Waals surface area contributed by atoms with Gasteiger partial charge in [0.2, 0.25) is 0 Å². The minimum absolute atomic E-state index is 0.0902. The van der Waals surface area contributed by atoms with Gasteiger partial charge in [0, 0.05) is 19.1 Å². The molecule has 1 aromatic rings. The van der Waals surface area contributed by atoms with Gasteiger partial charge >= 0.3 is 0 Å². The summed E-state index contributed by atoms with van der Waals surface area (Å²) < 4.78 is 0. The van der Waals surface area contributed by atoms with Crippen molar-refractivity contribution in [3.8, 4) is 0 Å². The number of rotatable bonds is 1. The maximum atomic E-state index is 12.6. The van der Waals surface area contributed by atoms with Crippen LogP contribution in [0.2, 0.25) is 5.15 Å². The first kappa shape index (κ1) is 14.1. The quantitative estimate of drug-likeness (QED) is 0.793. The van der Waals surface area contributed by atoms with Crippen LogP contribution in [0.3, 0.4) is 0 Å². The normalized spacial score (nSPS) is 21.2. The highest BCUT2D eigenvalue weighted by Crippen LogP contribution is 2.20. The Hall–Kier alpha value is -1.33. The van der Waals surface area contributed by atoms with Crippen molar-refractivity contribution in [2.45, 2.75) is 19.4 Å². The first-order chi connectivity index (χ1) is 8.99. The van der Waals surface area contributed by atoms with Crippen LogP contribution in [0.4, 0.5) is 5.69 Å². The van der Waals surface area contributed by atoms with Crippen molar-refractivity contribution in [1.82, 2.24) is 14.8 Å². The standard InChI is InChI=1S/C13H19ClN4O/c1-9-8-17(2)4-3-5-18(9)13(19)11-6-10(15)7-16-12(11)14/h6-7,9H,3-5,8,15H2,1-2H3. The molecule has 2 rings (SSSR count). The summed E-state index contributed by atoms with van der Waals surface area (Å²) in [6.45, 7) is 4.64. The summed E-state index contributed by atoms with van der Waals surface area (Å²) in [4.78, 5) is 20.6. The second kappa shape index (κ2) is 5.75. The van der Waals surface area contributed by atoms with E-state index in [9.17, 15) is 4.79 Å². The molecule has 0 spiro atoms. The molecule has 6 heteroatoms.